The van der Waals surface area contributed by atoms with Crippen LogP contribution in [0.25, 0.3) is 0 Å². The number of nitrogens with zero attached hydrogens (tertiary/aromatic N) is 2. The van der Waals surface area contributed by atoms with Crippen molar-refractivity contribution in [1.29, 1.82) is 0 Å². The zero-order valence-corrected chi connectivity index (χ0v) is 19.9. The highest BCUT2D eigenvalue weighted by atomic mass is 16.5. The van der Waals surface area contributed by atoms with E-state index in [-0.39, 0.29) is 5.91 Å². The highest BCUT2D eigenvalue weighted by Crippen LogP contribution is 2.42. The molecule has 1 N–H and O–H groups in total. The fraction of sp³-hybridized carbons (Fsp3) is 0.133. The van der Waals surface area contributed by atoms with E-state index in [0.29, 0.717) is 17.9 Å². The van der Waals surface area contributed by atoms with Gasteiger partial charge in [-0.15, -0.1) is 0 Å². The molecule has 0 saturated heterocycles. The van der Waals surface area contributed by atoms with Crippen LogP contribution in [0.3, 0.4) is 0 Å². The van der Waals surface area contributed by atoms with Crippen molar-refractivity contribution in [3.63, 3.8) is 0 Å². The van der Waals surface area contributed by atoms with Crippen molar-refractivity contribution in [1.82, 2.24) is 0 Å². The van der Waals surface area contributed by atoms with Crippen LogP contribution >= 0.6 is 0 Å². The Bertz CT molecular complexity index is 1370. The molecule has 0 unspecified atom stereocenters. The minimum absolute atomic E-state index is 0.0741. The van der Waals surface area contributed by atoms with Gasteiger partial charge in [-0.2, -0.15) is 0 Å². The molecular formula is C30H26N2O4. The van der Waals surface area contributed by atoms with E-state index in [2.05, 4.69) is 17.0 Å². The van der Waals surface area contributed by atoms with Gasteiger partial charge < -0.3 is 14.7 Å². The smallest absolute Gasteiger partial charge is 0.341 e. The van der Waals surface area contributed by atoms with E-state index in [1.165, 1.54) is 0 Å². The number of carbonyl (C=O) groups excluding carboxylic acids is 1. The predicted molar refractivity (Wildman–Crippen MR) is 139 cm³/mol. The minimum atomic E-state index is -1.03. The van der Waals surface area contributed by atoms with Crippen LogP contribution in [-0.2, 0) is 11.3 Å². The number of aliphatic carboxylic acids is 1. The molecule has 6 nitrogen and oxygen atoms in total. The first-order valence-corrected chi connectivity index (χ1v) is 11.8. The second-order valence-electron chi connectivity index (χ2n) is 8.77. The number of rotatable bonds is 7. The third-order valence-corrected chi connectivity index (χ3v) is 6.25. The number of amides is 1. The second-order valence-corrected chi connectivity index (χ2v) is 8.77. The summed E-state index contributed by atoms with van der Waals surface area (Å²) < 4.78 is 5.34. The summed E-state index contributed by atoms with van der Waals surface area (Å²) in [6.45, 7) is 2.20. The Hall–Kier alpha value is -4.58. The zero-order chi connectivity index (χ0) is 25.1. The first-order valence-electron chi connectivity index (χ1n) is 11.8. The van der Waals surface area contributed by atoms with E-state index in [9.17, 15) is 9.59 Å². The molecule has 1 aliphatic heterocycles. The Labute approximate surface area is 210 Å². The standard InChI is InChI=1S/C30H26N2O4/c1-21-11-15-24(16-12-21)32-29(23-13-17-25(18-14-23)36-20-28(33)34)31(19-22-7-3-2-4-8-22)27-10-6-5-9-26(27)30(32)35/h2-18,29H,19-20H2,1H3,(H,33,34)/t29-/m0/s1. The number of fused-ring (bicyclic) bond motifs is 1. The van der Waals surface area contributed by atoms with E-state index < -0.39 is 18.7 Å². The minimum Gasteiger partial charge on any atom is -0.482 e. The molecule has 5 rings (SSSR count). The van der Waals surface area contributed by atoms with Gasteiger partial charge in [-0.3, -0.25) is 9.69 Å². The van der Waals surface area contributed by atoms with Crippen molar-refractivity contribution in [3.05, 3.63) is 125 Å². The van der Waals surface area contributed by atoms with Crippen LogP contribution in [0, 0.1) is 6.92 Å². The topological polar surface area (TPSA) is 70.1 Å². The molecule has 0 radical (unpaired) electrons. The number of ether oxygens (including phenoxy) is 1. The summed E-state index contributed by atoms with van der Waals surface area (Å²) in [5.74, 6) is -0.650. The lowest BCUT2D eigenvalue weighted by atomic mass is 9.99. The predicted octanol–water partition coefficient (Wildman–Crippen LogP) is 5.82. The highest BCUT2D eigenvalue weighted by Gasteiger charge is 2.39. The first kappa shape index (κ1) is 23.2. The van der Waals surface area contributed by atoms with E-state index in [4.69, 9.17) is 9.84 Å². The van der Waals surface area contributed by atoms with Crippen molar-refractivity contribution >= 4 is 23.3 Å². The maximum Gasteiger partial charge on any atom is 0.341 e. The number of hydrogen-bond donors (Lipinski definition) is 1. The molecule has 6 heteroatoms. The van der Waals surface area contributed by atoms with Gasteiger partial charge in [-0.1, -0.05) is 72.3 Å². The maximum absolute atomic E-state index is 13.9. The van der Waals surface area contributed by atoms with E-state index in [1.807, 2.05) is 90.7 Å². The largest absolute Gasteiger partial charge is 0.482 e. The molecule has 180 valence electrons. The van der Waals surface area contributed by atoms with Crippen LogP contribution in [-0.4, -0.2) is 23.6 Å². The molecule has 0 bridgehead atoms. The molecule has 36 heavy (non-hydrogen) atoms. The van der Waals surface area contributed by atoms with Gasteiger partial charge in [-0.05, 0) is 54.4 Å². The van der Waals surface area contributed by atoms with Gasteiger partial charge in [-0.25, -0.2) is 4.79 Å². The Morgan fingerprint density at radius 1 is 0.861 bits per heavy atom. The number of carboxylic acid groups (broad SMARTS) is 1. The number of carbonyl (C=O) groups is 2. The second kappa shape index (κ2) is 9.96. The molecule has 0 saturated carbocycles. The van der Waals surface area contributed by atoms with Crippen molar-refractivity contribution < 1.29 is 19.4 Å². The fourth-order valence-electron chi connectivity index (χ4n) is 4.54. The quantitative estimate of drug-likeness (QED) is 0.362. The first-order chi connectivity index (χ1) is 17.5. The van der Waals surface area contributed by atoms with Crippen molar-refractivity contribution in [2.45, 2.75) is 19.6 Å². The van der Waals surface area contributed by atoms with Crippen LogP contribution in [0.4, 0.5) is 11.4 Å². The average molecular weight is 479 g/mol. The van der Waals surface area contributed by atoms with Gasteiger partial charge in [0.25, 0.3) is 5.91 Å². The summed E-state index contributed by atoms with van der Waals surface area (Å²) in [5, 5.41) is 8.93. The Kier molecular flexibility index (Phi) is 6.41. The molecule has 1 heterocycles. The molecule has 4 aromatic rings. The zero-order valence-electron chi connectivity index (χ0n) is 19.9. The number of carboxylic acids is 1. The Morgan fingerprint density at radius 3 is 2.22 bits per heavy atom. The van der Waals surface area contributed by atoms with Gasteiger partial charge in [0.05, 0.1) is 11.3 Å². The molecule has 0 spiro atoms. The highest BCUT2D eigenvalue weighted by molar-refractivity contribution is 6.12. The number of para-hydroxylation sites is 1. The molecule has 1 amide bonds. The number of aryl methyl sites for hydroxylation is 1. The lowest BCUT2D eigenvalue weighted by Gasteiger charge is -2.46. The van der Waals surface area contributed by atoms with Gasteiger partial charge in [0.1, 0.15) is 11.9 Å². The van der Waals surface area contributed by atoms with E-state index >= 15 is 0 Å². The van der Waals surface area contributed by atoms with Crippen LogP contribution in [0.1, 0.15) is 33.2 Å². The van der Waals surface area contributed by atoms with Crippen molar-refractivity contribution in [3.8, 4) is 5.75 Å². The fourth-order valence-corrected chi connectivity index (χ4v) is 4.54. The van der Waals surface area contributed by atoms with Gasteiger partial charge >= 0.3 is 5.97 Å². The van der Waals surface area contributed by atoms with E-state index in [0.717, 1.165) is 28.1 Å². The third-order valence-electron chi connectivity index (χ3n) is 6.25. The summed E-state index contributed by atoms with van der Waals surface area (Å²) in [6.07, 6.45) is -0.427. The molecule has 4 aromatic carbocycles. The molecule has 0 fully saturated rings. The Morgan fingerprint density at radius 2 is 1.53 bits per heavy atom. The summed E-state index contributed by atoms with van der Waals surface area (Å²) in [7, 11) is 0. The monoisotopic (exact) mass is 478 g/mol. The van der Waals surface area contributed by atoms with Crippen LogP contribution in [0.2, 0.25) is 0 Å². The normalized spacial score (nSPS) is 14.9. The summed E-state index contributed by atoms with van der Waals surface area (Å²) in [6, 6.07) is 33.1. The maximum atomic E-state index is 13.9. The number of hydrogen-bond acceptors (Lipinski definition) is 4. The molecule has 0 aromatic heterocycles. The van der Waals surface area contributed by atoms with E-state index in [1.54, 1.807) is 12.1 Å². The lowest BCUT2D eigenvalue weighted by molar-refractivity contribution is -0.139. The summed E-state index contributed by atoms with van der Waals surface area (Å²) in [5.41, 5.74) is 5.43. The average Bonchev–Trinajstić information content (AvgIpc) is 2.90. The van der Waals surface area contributed by atoms with Crippen LogP contribution in [0.15, 0.2) is 103 Å². The molecule has 1 aliphatic rings. The third kappa shape index (κ3) is 4.66. The molecular weight excluding hydrogens is 452 g/mol. The summed E-state index contributed by atoms with van der Waals surface area (Å²) in [4.78, 5) is 28.9. The van der Waals surface area contributed by atoms with Crippen molar-refractivity contribution in [2.24, 2.45) is 0 Å². The Balaban J connectivity index is 1.64. The van der Waals surface area contributed by atoms with Crippen molar-refractivity contribution in [2.75, 3.05) is 16.4 Å². The van der Waals surface area contributed by atoms with Gasteiger partial charge in [0.2, 0.25) is 0 Å². The SMILES string of the molecule is Cc1ccc(N2C(=O)c3ccccc3N(Cc3ccccc3)[C@@H]2c2ccc(OCC(=O)O)cc2)cc1. The van der Waals surface area contributed by atoms with Gasteiger partial charge in [0, 0.05) is 12.2 Å². The molecule has 0 aliphatic carbocycles. The van der Waals surface area contributed by atoms with Crippen LogP contribution < -0.4 is 14.5 Å². The summed E-state index contributed by atoms with van der Waals surface area (Å²) >= 11 is 0. The number of benzene rings is 4. The van der Waals surface area contributed by atoms with Crippen LogP contribution in [0.5, 0.6) is 5.75 Å². The molecule has 1 atom stereocenters. The van der Waals surface area contributed by atoms with Gasteiger partial charge in [0.15, 0.2) is 6.61 Å². The number of anilines is 2. The lowest BCUT2D eigenvalue weighted by Crippen LogP contribution is -2.49.